The predicted octanol–water partition coefficient (Wildman–Crippen LogP) is 1.92. The van der Waals surface area contributed by atoms with Gasteiger partial charge in [0.1, 0.15) is 11.5 Å². The first-order chi connectivity index (χ1) is 12.7. The number of piperidine rings is 1. The van der Waals surface area contributed by atoms with Crippen LogP contribution in [0.1, 0.15) is 30.9 Å². The van der Waals surface area contributed by atoms with Crippen molar-refractivity contribution >= 4 is 0 Å². The highest BCUT2D eigenvalue weighted by atomic mass is 16.5. The summed E-state index contributed by atoms with van der Waals surface area (Å²) >= 11 is 0. The third kappa shape index (κ3) is 5.10. The number of hydrogen-bond donors (Lipinski definition) is 1. The molecule has 1 aromatic rings. The lowest BCUT2D eigenvalue weighted by Gasteiger charge is -2.37. The van der Waals surface area contributed by atoms with Gasteiger partial charge in [0.2, 0.25) is 0 Å². The average molecular weight is 364 g/mol. The quantitative estimate of drug-likeness (QED) is 0.798. The Morgan fingerprint density at radius 2 is 1.92 bits per heavy atom. The molecule has 2 heterocycles. The highest BCUT2D eigenvalue weighted by molar-refractivity contribution is 5.41. The van der Waals surface area contributed by atoms with Gasteiger partial charge in [0.15, 0.2) is 0 Å². The molecule has 0 radical (unpaired) electrons. The number of morpholine rings is 1. The van der Waals surface area contributed by atoms with Crippen LogP contribution in [-0.4, -0.2) is 81.1 Å². The first-order valence-corrected chi connectivity index (χ1v) is 9.66. The fourth-order valence-corrected chi connectivity index (χ4v) is 3.93. The van der Waals surface area contributed by atoms with Crippen molar-refractivity contribution in [2.75, 3.05) is 60.1 Å². The van der Waals surface area contributed by atoms with Crippen LogP contribution >= 0.6 is 0 Å². The van der Waals surface area contributed by atoms with E-state index in [-0.39, 0.29) is 6.10 Å². The fraction of sp³-hybridized carbons (Fsp3) is 0.700. The molecule has 2 saturated heterocycles. The van der Waals surface area contributed by atoms with Crippen LogP contribution in [0.15, 0.2) is 18.2 Å². The maximum Gasteiger partial charge on any atom is 0.124 e. The molecule has 26 heavy (non-hydrogen) atoms. The summed E-state index contributed by atoms with van der Waals surface area (Å²) in [6.07, 6.45) is 3.55. The highest BCUT2D eigenvalue weighted by Gasteiger charge is 2.26. The third-order valence-electron chi connectivity index (χ3n) is 5.36. The van der Waals surface area contributed by atoms with Crippen LogP contribution in [0, 0.1) is 0 Å². The Bertz CT molecular complexity index is 563. The van der Waals surface area contributed by atoms with Gasteiger partial charge in [0.05, 0.1) is 33.0 Å². The maximum absolute atomic E-state index is 10.8. The van der Waals surface area contributed by atoms with Crippen molar-refractivity contribution in [3.05, 3.63) is 23.8 Å². The minimum absolute atomic E-state index is 0.223. The smallest absolute Gasteiger partial charge is 0.124 e. The Kier molecular flexibility index (Phi) is 7.14. The van der Waals surface area contributed by atoms with Gasteiger partial charge in [-0.05, 0) is 44.1 Å². The van der Waals surface area contributed by atoms with E-state index < -0.39 is 6.10 Å². The lowest BCUT2D eigenvalue weighted by atomic mass is 10.1. The molecule has 1 aromatic carbocycles. The van der Waals surface area contributed by atoms with Crippen LogP contribution in [0.2, 0.25) is 0 Å². The van der Waals surface area contributed by atoms with E-state index in [4.69, 9.17) is 14.2 Å². The van der Waals surface area contributed by atoms with Crippen molar-refractivity contribution in [2.24, 2.45) is 0 Å². The van der Waals surface area contributed by atoms with Gasteiger partial charge in [-0.2, -0.15) is 0 Å². The topological polar surface area (TPSA) is 54.4 Å². The molecule has 0 spiro atoms. The number of β-amino-alcohol motifs (C(OH)–C–C–N with tert-alkyl or cyclic N) is 1. The number of methoxy groups -OCH3 is 2. The summed E-state index contributed by atoms with van der Waals surface area (Å²) in [5, 5.41) is 10.8. The van der Waals surface area contributed by atoms with E-state index in [0.717, 1.165) is 37.6 Å². The van der Waals surface area contributed by atoms with Crippen LogP contribution in [0.3, 0.4) is 0 Å². The highest BCUT2D eigenvalue weighted by Crippen LogP contribution is 2.30. The van der Waals surface area contributed by atoms with E-state index in [1.165, 1.54) is 32.4 Å². The minimum atomic E-state index is -0.617. The molecule has 0 aromatic heterocycles. The molecular formula is C20H32N2O4. The van der Waals surface area contributed by atoms with Crippen molar-refractivity contribution in [1.29, 1.82) is 0 Å². The molecule has 146 valence electrons. The van der Waals surface area contributed by atoms with Crippen LogP contribution in [0.25, 0.3) is 0 Å². The van der Waals surface area contributed by atoms with Crippen LogP contribution in [-0.2, 0) is 4.74 Å². The summed E-state index contributed by atoms with van der Waals surface area (Å²) in [5.41, 5.74) is 0.769. The second-order valence-corrected chi connectivity index (χ2v) is 7.24. The number of aliphatic hydroxyl groups excluding tert-OH is 1. The van der Waals surface area contributed by atoms with E-state index >= 15 is 0 Å². The SMILES string of the molecule is COc1ccc(OC)c([C@@H](O)CN2CCO[C@H](CN3CCCCC3)C2)c1. The largest absolute Gasteiger partial charge is 0.497 e. The molecule has 0 saturated carbocycles. The molecule has 6 nitrogen and oxygen atoms in total. The molecular weight excluding hydrogens is 332 g/mol. The molecule has 0 amide bonds. The Labute approximate surface area is 156 Å². The van der Waals surface area contributed by atoms with Gasteiger partial charge in [-0.15, -0.1) is 0 Å². The van der Waals surface area contributed by atoms with Crippen LogP contribution < -0.4 is 9.47 Å². The number of likely N-dealkylation sites (tertiary alicyclic amines) is 1. The van der Waals surface area contributed by atoms with Gasteiger partial charge in [-0.1, -0.05) is 6.42 Å². The summed E-state index contributed by atoms with van der Waals surface area (Å²) in [4.78, 5) is 4.81. The summed E-state index contributed by atoms with van der Waals surface area (Å²) in [7, 11) is 3.26. The van der Waals surface area contributed by atoms with E-state index in [1.54, 1.807) is 14.2 Å². The Hall–Kier alpha value is -1.34. The zero-order chi connectivity index (χ0) is 18.4. The maximum atomic E-state index is 10.8. The van der Waals surface area contributed by atoms with Crippen molar-refractivity contribution in [3.8, 4) is 11.5 Å². The first kappa shape index (κ1) is 19.4. The van der Waals surface area contributed by atoms with Crippen molar-refractivity contribution in [1.82, 2.24) is 9.80 Å². The average Bonchev–Trinajstić information content (AvgIpc) is 2.68. The lowest BCUT2D eigenvalue weighted by molar-refractivity contribution is -0.0551. The fourth-order valence-electron chi connectivity index (χ4n) is 3.93. The Morgan fingerprint density at radius 1 is 1.12 bits per heavy atom. The van der Waals surface area contributed by atoms with Gasteiger partial charge >= 0.3 is 0 Å². The molecule has 2 fully saturated rings. The number of ether oxygens (including phenoxy) is 3. The van der Waals surface area contributed by atoms with Gasteiger partial charge in [-0.3, -0.25) is 4.90 Å². The van der Waals surface area contributed by atoms with E-state index in [1.807, 2.05) is 18.2 Å². The van der Waals surface area contributed by atoms with Gasteiger partial charge in [0, 0.05) is 31.7 Å². The molecule has 2 aliphatic heterocycles. The lowest BCUT2D eigenvalue weighted by Crippen LogP contribution is -2.49. The van der Waals surface area contributed by atoms with Crippen molar-refractivity contribution < 1.29 is 19.3 Å². The summed E-state index contributed by atoms with van der Waals surface area (Å²) in [5.74, 6) is 1.42. The number of benzene rings is 1. The molecule has 2 aliphatic rings. The molecule has 3 rings (SSSR count). The predicted molar refractivity (Wildman–Crippen MR) is 101 cm³/mol. The third-order valence-corrected chi connectivity index (χ3v) is 5.36. The molecule has 0 aliphatic carbocycles. The number of rotatable bonds is 7. The first-order valence-electron chi connectivity index (χ1n) is 9.66. The minimum Gasteiger partial charge on any atom is -0.497 e. The summed E-state index contributed by atoms with van der Waals surface area (Å²) in [6, 6.07) is 5.55. The number of aliphatic hydroxyl groups is 1. The van der Waals surface area contributed by atoms with Crippen LogP contribution in [0.5, 0.6) is 11.5 Å². The second kappa shape index (κ2) is 9.55. The number of nitrogens with zero attached hydrogens (tertiary/aromatic N) is 2. The zero-order valence-electron chi connectivity index (χ0n) is 16.0. The summed E-state index contributed by atoms with van der Waals surface area (Å²) in [6.45, 7) is 6.37. The second-order valence-electron chi connectivity index (χ2n) is 7.24. The van der Waals surface area contributed by atoms with Gasteiger partial charge < -0.3 is 24.2 Å². The van der Waals surface area contributed by atoms with Gasteiger partial charge in [0.25, 0.3) is 0 Å². The molecule has 2 atom stereocenters. The monoisotopic (exact) mass is 364 g/mol. The van der Waals surface area contributed by atoms with Gasteiger partial charge in [-0.25, -0.2) is 0 Å². The van der Waals surface area contributed by atoms with E-state index in [2.05, 4.69) is 9.80 Å². The zero-order valence-corrected chi connectivity index (χ0v) is 16.0. The van der Waals surface area contributed by atoms with Crippen LogP contribution in [0.4, 0.5) is 0 Å². The standard InChI is InChI=1S/C20H32N2O4/c1-24-16-6-7-20(25-2)18(12-16)19(23)15-22-10-11-26-17(14-22)13-21-8-4-3-5-9-21/h6-7,12,17,19,23H,3-5,8-11,13-15H2,1-2H3/t17-,19+/m1/s1. The molecule has 6 heteroatoms. The Morgan fingerprint density at radius 3 is 2.65 bits per heavy atom. The molecule has 0 bridgehead atoms. The van der Waals surface area contributed by atoms with Crippen molar-refractivity contribution in [3.63, 3.8) is 0 Å². The normalized spacial score (nSPS) is 23.6. The Balaban J connectivity index is 1.57. The van der Waals surface area contributed by atoms with E-state index in [9.17, 15) is 5.11 Å². The van der Waals surface area contributed by atoms with Crippen molar-refractivity contribution in [2.45, 2.75) is 31.5 Å². The number of hydrogen-bond acceptors (Lipinski definition) is 6. The summed E-state index contributed by atoms with van der Waals surface area (Å²) < 4.78 is 16.7. The molecule has 1 N–H and O–H groups in total. The molecule has 0 unspecified atom stereocenters. The van der Waals surface area contributed by atoms with E-state index in [0.29, 0.717) is 12.3 Å².